The molecule has 0 saturated carbocycles. The Morgan fingerprint density at radius 3 is 2.79 bits per heavy atom. The molecule has 0 bridgehead atoms. The van der Waals surface area contributed by atoms with Crippen molar-refractivity contribution in [3.05, 3.63) is 64.9 Å². The molecule has 0 spiro atoms. The van der Waals surface area contributed by atoms with Crippen molar-refractivity contribution in [3.63, 3.8) is 0 Å². The lowest BCUT2D eigenvalue weighted by molar-refractivity contribution is -0.115. The lowest BCUT2D eigenvalue weighted by Crippen LogP contribution is -2.22. The zero-order chi connectivity index (χ0) is 20.1. The van der Waals surface area contributed by atoms with E-state index in [0.29, 0.717) is 21.8 Å². The Morgan fingerprint density at radius 2 is 2.04 bits per heavy atom. The van der Waals surface area contributed by atoms with E-state index in [4.69, 9.17) is 16.3 Å². The Labute approximate surface area is 173 Å². The normalized spacial score (nSPS) is 11.9. The summed E-state index contributed by atoms with van der Waals surface area (Å²) in [6.07, 6.45) is 0. The minimum absolute atomic E-state index is 0.0903. The molecule has 0 aliphatic heterocycles. The Bertz CT molecular complexity index is 976. The molecule has 0 fully saturated rings. The molecular weight excluding hydrogens is 396 g/mol. The van der Waals surface area contributed by atoms with Gasteiger partial charge in [0, 0.05) is 12.7 Å². The summed E-state index contributed by atoms with van der Waals surface area (Å²) in [5, 5.41) is 12.1. The van der Waals surface area contributed by atoms with E-state index in [9.17, 15) is 4.79 Å². The summed E-state index contributed by atoms with van der Waals surface area (Å²) in [6, 6.07) is 15.0. The molecule has 1 unspecified atom stereocenters. The molecule has 0 radical (unpaired) electrons. The van der Waals surface area contributed by atoms with Gasteiger partial charge in [0.05, 0.1) is 10.3 Å². The summed E-state index contributed by atoms with van der Waals surface area (Å²) in [5.74, 6) is 1.15. The number of halogens is 1. The second-order valence-corrected chi connectivity index (χ2v) is 8.01. The molecule has 146 valence electrons. The number of aryl methyl sites for hydroxylation is 1. The number of carbonyl (C=O) groups excluding carboxylic acids is 1. The van der Waals surface area contributed by atoms with Gasteiger partial charge in [-0.05, 0) is 43.7 Å². The van der Waals surface area contributed by atoms with E-state index in [1.165, 1.54) is 11.8 Å². The number of anilines is 1. The number of nitrogens with one attached hydrogen (secondary N) is 1. The largest absolute Gasteiger partial charge is 0.484 e. The van der Waals surface area contributed by atoms with Gasteiger partial charge in [0.15, 0.2) is 11.0 Å². The molecule has 3 rings (SSSR count). The van der Waals surface area contributed by atoms with Crippen molar-refractivity contribution in [1.82, 2.24) is 14.8 Å². The summed E-state index contributed by atoms with van der Waals surface area (Å²) in [4.78, 5) is 12.5. The molecule has 1 amide bonds. The van der Waals surface area contributed by atoms with E-state index >= 15 is 0 Å². The van der Waals surface area contributed by atoms with Gasteiger partial charge in [0.2, 0.25) is 5.91 Å². The second kappa shape index (κ2) is 9.12. The Balaban J connectivity index is 1.60. The Morgan fingerprint density at radius 1 is 1.25 bits per heavy atom. The average Bonchev–Trinajstić information content (AvgIpc) is 3.01. The predicted octanol–water partition coefficient (Wildman–Crippen LogP) is 4.48. The Hall–Kier alpha value is -2.51. The van der Waals surface area contributed by atoms with Crippen molar-refractivity contribution in [2.75, 3.05) is 5.32 Å². The molecule has 0 aliphatic rings. The smallest absolute Gasteiger partial charge is 0.237 e. The maximum Gasteiger partial charge on any atom is 0.237 e. The van der Waals surface area contributed by atoms with Crippen LogP contribution in [0.25, 0.3) is 0 Å². The summed E-state index contributed by atoms with van der Waals surface area (Å²) in [5.41, 5.74) is 1.87. The lowest BCUT2D eigenvalue weighted by Gasteiger charge is -2.12. The van der Waals surface area contributed by atoms with Gasteiger partial charge in [-0.25, -0.2) is 0 Å². The van der Waals surface area contributed by atoms with Crippen LogP contribution in [0.5, 0.6) is 5.75 Å². The molecule has 6 nitrogen and oxygen atoms in total. The second-order valence-electron chi connectivity index (χ2n) is 6.30. The van der Waals surface area contributed by atoms with E-state index in [2.05, 4.69) is 15.5 Å². The predicted molar refractivity (Wildman–Crippen MR) is 112 cm³/mol. The fraction of sp³-hybridized carbons (Fsp3) is 0.250. The van der Waals surface area contributed by atoms with E-state index in [-0.39, 0.29) is 17.8 Å². The molecule has 2 aromatic carbocycles. The van der Waals surface area contributed by atoms with Gasteiger partial charge in [0.1, 0.15) is 12.4 Å². The van der Waals surface area contributed by atoms with Crippen LogP contribution in [0, 0.1) is 6.92 Å². The van der Waals surface area contributed by atoms with Crippen LogP contribution in [-0.2, 0) is 18.4 Å². The molecule has 3 aromatic rings. The van der Waals surface area contributed by atoms with Crippen LogP contribution in [0.4, 0.5) is 5.69 Å². The van der Waals surface area contributed by atoms with Gasteiger partial charge >= 0.3 is 0 Å². The highest BCUT2D eigenvalue weighted by atomic mass is 35.5. The maximum absolute atomic E-state index is 12.5. The van der Waals surface area contributed by atoms with Crippen LogP contribution in [0.3, 0.4) is 0 Å². The van der Waals surface area contributed by atoms with Gasteiger partial charge in [-0.2, -0.15) is 0 Å². The SMILES string of the molecule is Cc1cccc(NC(=O)C(C)Sc2nnc(COc3ccccc3Cl)n2C)c1. The molecular formula is C20H21ClN4O2S. The first-order valence-electron chi connectivity index (χ1n) is 8.74. The standard InChI is InChI=1S/C20H21ClN4O2S/c1-13-7-6-8-15(11-13)22-19(26)14(2)28-20-24-23-18(25(20)3)12-27-17-10-5-4-9-16(17)21/h4-11,14H,12H2,1-3H3,(H,22,26). The number of nitrogens with zero attached hydrogens (tertiary/aromatic N) is 3. The van der Waals surface area contributed by atoms with E-state index in [1.807, 2.05) is 61.9 Å². The zero-order valence-electron chi connectivity index (χ0n) is 15.8. The van der Waals surface area contributed by atoms with Crippen LogP contribution >= 0.6 is 23.4 Å². The fourth-order valence-electron chi connectivity index (χ4n) is 2.46. The van der Waals surface area contributed by atoms with Crippen molar-refractivity contribution >= 4 is 35.0 Å². The third-order valence-corrected chi connectivity index (χ3v) is 5.50. The fourth-order valence-corrected chi connectivity index (χ4v) is 3.48. The van der Waals surface area contributed by atoms with Gasteiger partial charge in [-0.3, -0.25) is 4.79 Å². The van der Waals surface area contributed by atoms with Gasteiger partial charge in [0.25, 0.3) is 0 Å². The zero-order valence-corrected chi connectivity index (χ0v) is 17.4. The minimum atomic E-state index is -0.333. The van der Waals surface area contributed by atoms with Crippen LogP contribution < -0.4 is 10.1 Å². The lowest BCUT2D eigenvalue weighted by atomic mass is 10.2. The molecule has 1 aromatic heterocycles. The number of ether oxygens (including phenoxy) is 1. The number of carbonyl (C=O) groups is 1. The number of para-hydroxylation sites is 1. The summed E-state index contributed by atoms with van der Waals surface area (Å²) < 4.78 is 7.53. The number of hydrogen-bond acceptors (Lipinski definition) is 5. The number of hydrogen-bond donors (Lipinski definition) is 1. The third kappa shape index (κ3) is 5.05. The number of thioether (sulfide) groups is 1. The molecule has 0 saturated heterocycles. The molecule has 1 N–H and O–H groups in total. The van der Waals surface area contributed by atoms with E-state index in [1.54, 1.807) is 12.1 Å². The summed E-state index contributed by atoms with van der Waals surface area (Å²) in [6.45, 7) is 4.06. The highest BCUT2D eigenvalue weighted by molar-refractivity contribution is 8.00. The third-order valence-electron chi connectivity index (χ3n) is 4.06. The van der Waals surface area contributed by atoms with Crippen molar-refractivity contribution in [3.8, 4) is 5.75 Å². The van der Waals surface area contributed by atoms with Crippen LogP contribution in [-0.4, -0.2) is 25.9 Å². The molecule has 0 aliphatic carbocycles. The molecule has 1 heterocycles. The monoisotopic (exact) mass is 416 g/mol. The van der Waals surface area contributed by atoms with E-state index in [0.717, 1.165) is 11.3 Å². The van der Waals surface area contributed by atoms with Gasteiger partial charge in [-0.15, -0.1) is 10.2 Å². The van der Waals surface area contributed by atoms with Gasteiger partial charge < -0.3 is 14.6 Å². The number of benzene rings is 2. The topological polar surface area (TPSA) is 69.0 Å². The van der Waals surface area contributed by atoms with Crippen LogP contribution in [0.2, 0.25) is 5.02 Å². The summed E-state index contributed by atoms with van der Waals surface area (Å²) in [7, 11) is 1.85. The van der Waals surface area contributed by atoms with Gasteiger partial charge in [-0.1, -0.05) is 47.6 Å². The summed E-state index contributed by atoms with van der Waals surface area (Å²) >= 11 is 7.44. The van der Waals surface area contributed by atoms with E-state index < -0.39 is 0 Å². The first-order chi connectivity index (χ1) is 13.4. The number of rotatable bonds is 7. The first-order valence-corrected chi connectivity index (χ1v) is 9.99. The van der Waals surface area contributed by atoms with Crippen molar-refractivity contribution in [2.24, 2.45) is 7.05 Å². The quantitative estimate of drug-likeness (QED) is 0.575. The van der Waals surface area contributed by atoms with Crippen LogP contribution in [0.1, 0.15) is 18.3 Å². The van der Waals surface area contributed by atoms with Crippen molar-refractivity contribution in [2.45, 2.75) is 30.9 Å². The van der Waals surface area contributed by atoms with Crippen molar-refractivity contribution in [1.29, 1.82) is 0 Å². The number of amides is 1. The highest BCUT2D eigenvalue weighted by Crippen LogP contribution is 2.26. The van der Waals surface area contributed by atoms with Crippen LogP contribution in [0.15, 0.2) is 53.7 Å². The average molecular weight is 417 g/mol. The Kier molecular flexibility index (Phi) is 6.59. The highest BCUT2D eigenvalue weighted by Gasteiger charge is 2.19. The first kappa shape index (κ1) is 20.2. The molecule has 8 heteroatoms. The maximum atomic E-state index is 12.5. The molecule has 1 atom stereocenters. The van der Waals surface area contributed by atoms with Crippen molar-refractivity contribution < 1.29 is 9.53 Å². The molecule has 28 heavy (non-hydrogen) atoms. The number of aromatic nitrogens is 3. The minimum Gasteiger partial charge on any atom is -0.484 e.